The normalized spacial score (nSPS) is 49.0. The van der Waals surface area contributed by atoms with Crippen LogP contribution in [0.5, 0.6) is 0 Å². The molecule has 0 saturated heterocycles. The van der Waals surface area contributed by atoms with Crippen LogP contribution in [-0.4, -0.2) is 16.5 Å². The van der Waals surface area contributed by atoms with E-state index in [0.29, 0.717) is 23.5 Å². The number of hydrogen-bond donors (Lipinski definition) is 1. The van der Waals surface area contributed by atoms with Crippen LogP contribution < -0.4 is 0 Å². The molecule has 2 heteroatoms. The van der Waals surface area contributed by atoms with Crippen molar-refractivity contribution in [1.29, 1.82) is 0 Å². The van der Waals surface area contributed by atoms with Crippen LogP contribution in [0, 0.1) is 28.6 Å². The van der Waals surface area contributed by atoms with Crippen molar-refractivity contribution in [3.05, 3.63) is 23.8 Å². The third kappa shape index (κ3) is 2.36. The second kappa shape index (κ2) is 5.55. The van der Waals surface area contributed by atoms with Crippen molar-refractivity contribution in [1.82, 2.24) is 0 Å². The van der Waals surface area contributed by atoms with Gasteiger partial charge >= 0.3 is 0 Å². The summed E-state index contributed by atoms with van der Waals surface area (Å²) in [5.74, 6) is 2.38. The number of carbonyl (C=O) groups is 1. The third-order valence-electron chi connectivity index (χ3n) is 8.88. The van der Waals surface area contributed by atoms with E-state index in [9.17, 15) is 9.90 Å². The molecule has 0 amide bonds. The predicted octanol–water partition coefficient (Wildman–Crippen LogP) is 5.22. The fraction of sp³-hybridized carbons (Fsp3) is 0.783. The van der Waals surface area contributed by atoms with E-state index in [-0.39, 0.29) is 10.8 Å². The van der Waals surface area contributed by atoms with E-state index in [4.69, 9.17) is 0 Å². The highest BCUT2D eigenvalue weighted by Crippen LogP contribution is 2.68. The highest BCUT2D eigenvalue weighted by Gasteiger charge is 2.63. The summed E-state index contributed by atoms with van der Waals surface area (Å²) in [5, 5.41) is 11.5. The molecule has 0 unspecified atom stereocenters. The lowest BCUT2D eigenvalue weighted by Crippen LogP contribution is -2.54. The van der Waals surface area contributed by atoms with Gasteiger partial charge < -0.3 is 5.11 Å². The Balaban J connectivity index is 1.66. The molecular weight excluding hydrogens is 308 g/mol. The van der Waals surface area contributed by atoms with Gasteiger partial charge in [0.25, 0.3) is 0 Å². The molecule has 4 aliphatic rings. The van der Waals surface area contributed by atoms with Crippen LogP contribution in [-0.2, 0) is 4.79 Å². The largest absolute Gasteiger partial charge is 0.389 e. The first-order valence-electron chi connectivity index (χ1n) is 10.3. The Labute approximate surface area is 152 Å². The van der Waals surface area contributed by atoms with Gasteiger partial charge in [-0.05, 0) is 93.0 Å². The number of hydrogen-bond acceptors (Lipinski definition) is 2. The van der Waals surface area contributed by atoms with E-state index in [1.54, 1.807) is 0 Å². The van der Waals surface area contributed by atoms with Crippen molar-refractivity contribution in [3.8, 4) is 0 Å². The second-order valence-electron chi connectivity index (χ2n) is 10.1. The first-order valence-corrected chi connectivity index (χ1v) is 10.3. The molecule has 138 valence electrons. The zero-order valence-corrected chi connectivity index (χ0v) is 16.2. The zero-order valence-electron chi connectivity index (χ0n) is 16.2. The topological polar surface area (TPSA) is 37.3 Å². The number of fused-ring (bicyclic) bond motifs is 5. The lowest BCUT2D eigenvalue weighted by Gasteiger charge is -2.59. The van der Waals surface area contributed by atoms with E-state index < -0.39 is 5.60 Å². The number of aliphatic hydroxyl groups is 1. The van der Waals surface area contributed by atoms with E-state index in [2.05, 4.69) is 27.4 Å². The van der Waals surface area contributed by atoms with E-state index >= 15 is 0 Å². The minimum Gasteiger partial charge on any atom is -0.389 e. The lowest BCUT2D eigenvalue weighted by atomic mass is 9.46. The molecule has 4 aliphatic carbocycles. The van der Waals surface area contributed by atoms with Gasteiger partial charge in [0.05, 0.1) is 5.60 Å². The number of carbonyl (C=O) groups excluding carboxylic acids is 1. The van der Waals surface area contributed by atoms with E-state index in [1.807, 2.05) is 6.08 Å². The highest BCUT2D eigenvalue weighted by molar-refractivity contribution is 5.91. The van der Waals surface area contributed by atoms with Crippen molar-refractivity contribution >= 4 is 5.78 Å². The molecule has 0 heterocycles. The summed E-state index contributed by atoms with van der Waals surface area (Å²) in [4.78, 5) is 11.9. The molecule has 4 rings (SSSR count). The van der Waals surface area contributed by atoms with Crippen LogP contribution in [0.15, 0.2) is 23.8 Å². The molecular formula is C23H34O2. The summed E-state index contributed by atoms with van der Waals surface area (Å²) in [5.41, 5.74) is 2.25. The summed E-state index contributed by atoms with van der Waals surface area (Å²) in [6, 6.07) is 0. The molecule has 3 saturated carbocycles. The van der Waals surface area contributed by atoms with Gasteiger partial charge in [-0.25, -0.2) is 0 Å². The molecule has 25 heavy (non-hydrogen) atoms. The molecule has 0 spiro atoms. The monoisotopic (exact) mass is 342 g/mol. The Bertz CT molecular complexity index is 646. The van der Waals surface area contributed by atoms with E-state index in [0.717, 1.165) is 50.5 Å². The van der Waals surface area contributed by atoms with Crippen molar-refractivity contribution < 1.29 is 9.90 Å². The predicted molar refractivity (Wildman–Crippen MR) is 101 cm³/mol. The maximum absolute atomic E-state index is 11.9. The number of allylic oxidation sites excluding steroid dienone is 1. The smallest absolute Gasteiger partial charge is 0.155 e. The van der Waals surface area contributed by atoms with Crippen molar-refractivity contribution in [2.24, 2.45) is 28.6 Å². The standard InChI is InChI=1S/C23H34O2/c1-15(2)14-23(25)12-9-20-18-6-5-16-13-17(24)7-10-21(16,3)19(18)8-11-22(20,23)4/h13,18-20,25H,1,5-12,14H2,2-4H3/t18-,19-,20+,21-,22+,23-/m1/s1. The molecule has 0 radical (unpaired) electrons. The van der Waals surface area contributed by atoms with Crippen molar-refractivity contribution in [2.45, 2.75) is 84.2 Å². The summed E-state index contributed by atoms with van der Waals surface area (Å²) in [7, 11) is 0. The molecule has 0 aromatic carbocycles. The zero-order chi connectivity index (χ0) is 18.0. The van der Waals surface area contributed by atoms with Crippen LogP contribution in [0.4, 0.5) is 0 Å². The molecule has 0 bridgehead atoms. The quantitative estimate of drug-likeness (QED) is 0.699. The third-order valence-corrected chi connectivity index (χ3v) is 8.88. The summed E-state index contributed by atoms with van der Waals surface area (Å²) < 4.78 is 0. The Morgan fingerprint density at radius 2 is 1.88 bits per heavy atom. The van der Waals surface area contributed by atoms with Gasteiger partial charge in [-0.2, -0.15) is 0 Å². The summed E-state index contributed by atoms with van der Waals surface area (Å²) in [6.07, 6.45) is 11.2. The SMILES string of the molecule is C=C(C)C[C@]1(O)CC[C@H]2[C@@H]3CCC4=CC(=O)CC[C@@]4(C)[C@@H]3CC[C@@]21C. The van der Waals surface area contributed by atoms with Crippen molar-refractivity contribution in [2.75, 3.05) is 0 Å². The first-order chi connectivity index (χ1) is 11.7. The van der Waals surface area contributed by atoms with Gasteiger partial charge in [0.15, 0.2) is 5.78 Å². The fourth-order valence-electron chi connectivity index (χ4n) is 7.46. The second-order valence-corrected chi connectivity index (χ2v) is 10.1. The minimum absolute atomic E-state index is 0.0369. The maximum atomic E-state index is 11.9. The van der Waals surface area contributed by atoms with Gasteiger partial charge in [0, 0.05) is 6.42 Å². The van der Waals surface area contributed by atoms with Crippen LogP contribution in [0.2, 0.25) is 0 Å². The summed E-state index contributed by atoms with van der Waals surface area (Å²) in [6.45, 7) is 10.9. The van der Waals surface area contributed by atoms with Crippen LogP contribution in [0.3, 0.4) is 0 Å². The average molecular weight is 343 g/mol. The summed E-state index contributed by atoms with van der Waals surface area (Å²) >= 11 is 0. The molecule has 0 aromatic rings. The highest BCUT2D eigenvalue weighted by atomic mass is 16.3. The molecule has 0 aromatic heterocycles. The van der Waals surface area contributed by atoms with Gasteiger partial charge in [0.2, 0.25) is 0 Å². The van der Waals surface area contributed by atoms with Gasteiger partial charge in [0.1, 0.15) is 0 Å². The minimum atomic E-state index is -0.561. The number of ketones is 1. The Morgan fingerprint density at radius 1 is 1.16 bits per heavy atom. The average Bonchev–Trinajstić information content (AvgIpc) is 2.79. The Kier molecular flexibility index (Phi) is 3.89. The molecule has 3 fully saturated rings. The molecule has 6 atom stereocenters. The van der Waals surface area contributed by atoms with Gasteiger partial charge in [-0.15, -0.1) is 6.58 Å². The Morgan fingerprint density at radius 3 is 2.60 bits per heavy atom. The maximum Gasteiger partial charge on any atom is 0.155 e. The molecule has 1 N–H and O–H groups in total. The molecule has 2 nitrogen and oxygen atoms in total. The van der Waals surface area contributed by atoms with Gasteiger partial charge in [-0.3, -0.25) is 4.79 Å². The van der Waals surface area contributed by atoms with E-state index in [1.165, 1.54) is 18.4 Å². The lowest BCUT2D eigenvalue weighted by molar-refractivity contribution is -0.129. The van der Waals surface area contributed by atoms with Crippen LogP contribution in [0.1, 0.15) is 78.6 Å². The Hall–Kier alpha value is -0.890. The van der Waals surface area contributed by atoms with Crippen LogP contribution in [0.25, 0.3) is 0 Å². The fourth-order valence-corrected chi connectivity index (χ4v) is 7.46. The van der Waals surface area contributed by atoms with Gasteiger partial charge in [-0.1, -0.05) is 25.0 Å². The van der Waals surface area contributed by atoms with Crippen molar-refractivity contribution in [3.63, 3.8) is 0 Å². The first kappa shape index (κ1) is 17.5. The van der Waals surface area contributed by atoms with Crippen LogP contribution >= 0.6 is 0 Å². The molecule has 0 aliphatic heterocycles. The number of rotatable bonds is 2.